The molecule has 3 rings (SSSR count). The highest BCUT2D eigenvalue weighted by atomic mass is 32.2. The number of nitrogen functional groups attached to an aromatic ring is 1. The number of nitrogens with two attached hydrogens (primary N) is 1. The third-order valence-corrected chi connectivity index (χ3v) is 6.02. The summed E-state index contributed by atoms with van der Waals surface area (Å²) in [5.74, 6) is 0.218. The molecule has 1 aliphatic rings. The minimum atomic E-state index is -3.75. The molecule has 2 aromatic heterocycles. The lowest BCUT2D eigenvalue weighted by molar-refractivity contribution is 0.276. The Bertz CT molecular complexity index is 786. The highest BCUT2D eigenvalue weighted by Gasteiger charge is 2.34. The van der Waals surface area contributed by atoms with E-state index >= 15 is 0 Å². The van der Waals surface area contributed by atoms with Crippen LogP contribution < -0.4 is 10.5 Å². The number of nitrogens with zero attached hydrogens (tertiary/aromatic N) is 3. The average Bonchev–Trinajstić information content (AvgIpc) is 3.09. The molecule has 0 spiro atoms. The fraction of sp³-hybridized carbons (Fsp3) is 0.467. The van der Waals surface area contributed by atoms with Gasteiger partial charge in [0.25, 0.3) is 0 Å². The van der Waals surface area contributed by atoms with Crippen molar-refractivity contribution < 1.29 is 12.9 Å². The zero-order valence-electron chi connectivity index (χ0n) is 13.6. The Kier molecular flexibility index (Phi) is 4.57. The van der Waals surface area contributed by atoms with Gasteiger partial charge in [0.05, 0.1) is 0 Å². The maximum Gasteiger partial charge on any atom is 0.247 e. The number of pyridine rings is 1. The van der Waals surface area contributed by atoms with Crippen LogP contribution in [0, 0.1) is 12.8 Å². The SMILES string of the molecule is Cc1onc(N)c1S(=O)(=O)NC[C@@H]1CCN(C)[C@H]1c1cccnc1. The van der Waals surface area contributed by atoms with Gasteiger partial charge in [-0.2, -0.15) is 0 Å². The number of anilines is 1. The highest BCUT2D eigenvalue weighted by Crippen LogP contribution is 2.35. The van der Waals surface area contributed by atoms with E-state index in [-0.39, 0.29) is 28.4 Å². The van der Waals surface area contributed by atoms with Gasteiger partial charge in [-0.05, 0) is 44.5 Å². The molecule has 3 N–H and O–H groups in total. The number of sulfonamides is 1. The van der Waals surface area contributed by atoms with E-state index in [1.807, 2.05) is 25.4 Å². The van der Waals surface area contributed by atoms with Gasteiger partial charge in [0.15, 0.2) is 16.5 Å². The fourth-order valence-electron chi connectivity index (χ4n) is 3.31. The second kappa shape index (κ2) is 6.50. The van der Waals surface area contributed by atoms with Crippen molar-refractivity contribution in [2.75, 3.05) is 25.9 Å². The lowest BCUT2D eigenvalue weighted by Crippen LogP contribution is -2.33. The maximum atomic E-state index is 12.5. The van der Waals surface area contributed by atoms with Crippen molar-refractivity contribution >= 4 is 15.8 Å². The van der Waals surface area contributed by atoms with Crippen LogP contribution in [0.1, 0.15) is 23.8 Å². The molecular weight excluding hydrogens is 330 g/mol. The molecule has 130 valence electrons. The second-order valence-corrected chi connectivity index (χ2v) is 7.77. The monoisotopic (exact) mass is 351 g/mol. The quantitative estimate of drug-likeness (QED) is 0.823. The zero-order valence-corrected chi connectivity index (χ0v) is 14.5. The predicted molar refractivity (Wildman–Crippen MR) is 88.6 cm³/mol. The van der Waals surface area contributed by atoms with Crippen molar-refractivity contribution in [3.05, 3.63) is 35.9 Å². The first-order chi connectivity index (χ1) is 11.4. The summed E-state index contributed by atoms with van der Waals surface area (Å²) in [7, 11) is -1.72. The lowest BCUT2D eigenvalue weighted by atomic mass is 9.95. The van der Waals surface area contributed by atoms with E-state index in [1.165, 1.54) is 6.92 Å². The molecule has 0 aliphatic carbocycles. The van der Waals surface area contributed by atoms with Gasteiger partial charge in [-0.1, -0.05) is 11.2 Å². The Labute approximate surface area is 141 Å². The normalized spacial score (nSPS) is 22.1. The Morgan fingerprint density at radius 2 is 2.29 bits per heavy atom. The average molecular weight is 351 g/mol. The molecule has 2 aromatic rings. The van der Waals surface area contributed by atoms with E-state index in [9.17, 15) is 8.42 Å². The van der Waals surface area contributed by atoms with E-state index in [0.717, 1.165) is 18.5 Å². The number of rotatable bonds is 5. The summed E-state index contributed by atoms with van der Waals surface area (Å²) in [6.45, 7) is 2.75. The van der Waals surface area contributed by atoms with Gasteiger partial charge in [-0.3, -0.25) is 9.88 Å². The Morgan fingerprint density at radius 3 is 2.92 bits per heavy atom. The summed E-state index contributed by atoms with van der Waals surface area (Å²) in [4.78, 5) is 6.31. The minimum absolute atomic E-state index is 0.0771. The van der Waals surface area contributed by atoms with Gasteiger partial charge in [0.2, 0.25) is 10.0 Å². The third-order valence-electron chi connectivity index (χ3n) is 4.44. The molecule has 0 amide bonds. The van der Waals surface area contributed by atoms with Crippen molar-refractivity contribution in [2.24, 2.45) is 5.92 Å². The smallest absolute Gasteiger partial charge is 0.247 e. The van der Waals surface area contributed by atoms with Gasteiger partial charge in [-0.15, -0.1) is 0 Å². The molecule has 2 atom stereocenters. The fourth-order valence-corrected chi connectivity index (χ4v) is 4.62. The molecule has 0 bridgehead atoms. The van der Waals surface area contributed by atoms with Crippen molar-refractivity contribution in [1.29, 1.82) is 0 Å². The van der Waals surface area contributed by atoms with Crippen LogP contribution in [0.25, 0.3) is 0 Å². The Morgan fingerprint density at radius 1 is 1.50 bits per heavy atom. The van der Waals surface area contributed by atoms with Gasteiger partial charge in [0.1, 0.15) is 0 Å². The molecule has 0 radical (unpaired) electrons. The molecule has 0 unspecified atom stereocenters. The van der Waals surface area contributed by atoms with Crippen LogP contribution in [0.4, 0.5) is 5.82 Å². The van der Waals surface area contributed by atoms with Crippen molar-refractivity contribution in [3.8, 4) is 0 Å². The summed E-state index contributed by atoms with van der Waals surface area (Å²) < 4.78 is 32.5. The highest BCUT2D eigenvalue weighted by molar-refractivity contribution is 7.89. The number of hydrogen-bond acceptors (Lipinski definition) is 7. The summed E-state index contributed by atoms with van der Waals surface area (Å²) in [5, 5.41) is 3.50. The van der Waals surface area contributed by atoms with Crippen molar-refractivity contribution in [3.63, 3.8) is 0 Å². The molecule has 1 aliphatic heterocycles. The first-order valence-electron chi connectivity index (χ1n) is 7.71. The minimum Gasteiger partial charge on any atom is -0.380 e. The standard InChI is InChI=1S/C15H21N5O3S/c1-10-14(15(16)19-23-10)24(21,22)18-9-12-5-7-20(2)13(12)11-4-3-6-17-8-11/h3-4,6,8,12-13,18H,5,7,9H2,1-2H3,(H2,16,19)/t12-,13-/m0/s1. The van der Waals surface area contributed by atoms with E-state index in [2.05, 4.69) is 19.8 Å². The number of likely N-dealkylation sites (tertiary alicyclic amines) is 1. The van der Waals surface area contributed by atoms with Crippen LogP contribution in [0.15, 0.2) is 33.9 Å². The Hall–Kier alpha value is -1.97. The number of aromatic nitrogens is 2. The lowest BCUT2D eigenvalue weighted by Gasteiger charge is -2.25. The van der Waals surface area contributed by atoms with Crippen LogP contribution in [0.3, 0.4) is 0 Å². The van der Waals surface area contributed by atoms with Crippen LogP contribution in [-0.2, 0) is 10.0 Å². The topological polar surface area (TPSA) is 114 Å². The number of nitrogens with one attached hydrogen (secondary N) is 1. The van der Waals surface area contributed by atoms with Gasteiger partial charge >= 0.3 is 0 Å². The molecule has 8 nitrogen and oxygen atoms in total. The second-order valence-electron chi connectivity index (χ2n) is 6.07. The molecule has 9 heteroatoms. The van der Waals surface area contributed by atoms with Gasteiger partial charge < -0.3 is 10.3 Å². The predicted octanol–water partition coefficient (Wildman–Crippen LogP) is 0.932. The van der Waals surface area contributed by atoms with E-state index in [1.54, 1.807) is 6.20 Å². The van der Waals surface area contributed by atoms with Crippen molar-refractivity contribution in [2.45, 2.75) is 24.3 Å². The molecule has 1 saturated heterocycles. The van der Waals surface area contributed by atoms with Crippen LogP contribution in [-0.4, -0.2) is 43.6 Å². The zero-order chi connectivity index (χ0) is 17.3. The van der Waals surface area contributed by atoms with Gasteiger partial charge in [0, 0.05) is 25.0 Å². The molecule has 24 heavy (non-hydrogen) atoms. The number of aryl methyl sites for hydroxylation is 1. The molecule has 1 fully saturated rings. The largest absolute Gasteiger partial charge is 0.380 e. The number of hydrogen-bond donors (Lipinski definition) is 2. The molecular formula is C15H21N5O3S. The third kappa shape index (κ3) is 3.14. The summed E-state index contributed by atoms with van der Waals surface area (Å²) >= 11 is 0. The summed E-state index contributed by atoms with van der Waals surface area (Å²) in [5.41, 5.74) is 6.70. The van der Waals surface area contributed by atoms with E-state index in [0.29, 0.717) is 6.54 Å². The van der Waals surface area contributed by atoms with E-state index < -0.39 is 10.0 Å². The van der Waals surface area contributed by atoms with Crippen LogP contribution >= 0.6 is 0 Å². The summed E-state index contributed by atoms with van der Waals surface area (Å²) in [6, 6.07) is 4.04. The van der Waals surface area contributed by atoms with Gasteiger partial charge in [-0.25, -0.2) is 13.1 Å². The molecule has 0 saturated carbocycles. The maximum absolute atomic E-state index is 12.5. The van der Waals surface area contributed by atoms with E-state index in [4.69, 9.17) is 10.3 Å². The Balaban J connectivity index is 1.76. The first-order valence-corrected chi connectivity index (χ1v) is 9.20. The molecule has 3 heterocycles. The summed E-state index contributed by atoms with van der Waals surface area (Å²) in [6.07, 6.45) is 4.46. The first kappa shape index (κ1) is 16.9. The van der Waals surface area contributed by atoms with Crippen LogP contribution in [0.5, 0.6) is 0 Å². The van der Waals surface area contributed by atoms with Crippen molar-refractivity contribution in [1.82, 2.24) is 19.8 Å². The van der Waals surface area contributed by atoms with Crippen LogP contribution in [0.2, 0.25) is 0 Å². The molecule has 0 aromatic carbocycles.